The average molecular weight is 505 g/mol. The molecule has 3 aromatic rings. The van der Waals surface area contributed by atoms with Crippen molar-refractivity contribution in [2.24, 2.45) is 5.92 Å². The fourth-order valence-corrected chi connectivity index (χ4v) is 9.61. The molecule has 2 unspecified atom stereocenters. The molecule has 0 aromatic heterocycles. The summed E-state index contributed by atoms with van der Waals surface area (Å²) in [5.41, 5.74) is 1.10. The van der Waals surface area contributed by atoms with Crippen molar-refractivity contribution in [3.05, 3.63) is 90.5 Å². The molecule has 3 rings (SSSR count). The Balaban J connectivity index is 1.88. The molecule has 4 nitrogen and oxygen atoms in total. The van der Waals surface area contributed by atoms with E-state index >= 15 is 0 Å². The maximum absolute atomic E-state index is 11.5. The van der Waals surface area contributed by atoms with E-state index in [4.69, 9.17) is 13.9 Å². The van der Waals surface area contributed by atoms with Crippen molar-refractivity contribution >= 4 is 25.0 Å². The molecule has 0 N–H and O–H groups in total. The molecule has 5 heteroatoms. The number of methoxy groups -OCH3 is 1. The van der Waals surface area contributed by atoms with Crippen LogP contribution in [0.5, 0.6) is 5.75 Å². The van der Waals surface area contributed by atoms with Gasteiger partial charge in [-0.05, 0) is 45.4 Å². The molecule has 0 saturated carbocycles. The Morgan fingerprint density at radius 3 is 1.89 bits per heavy atom. The molecule has 0 aliphatic rings. The van der Waals surface area contributed by atoms with Gasteiger partial charge in [-0.1, -0.05) is 100 Å². The van der Waals surface area contributed by atoms with Crippen LogP contribution in [0, 0.1) is 5.92 Å². The molecule has 0 aliphatic carbocycles. The van der Waals surface area contributed by atoms with Crippen molar-refractivity contribution in [3.8, 4) is 5.75 Å². The molecule has 0 saturated heterocycles. The summed E-state index contributed by atoms with van der Waals surface area (Å²) >= 11 is 0. The van der Waals surface area contributed by atoms with E-state index in [1.54, 1.807) is 7.11 Å². The lowest BCUT2D eigenvalue weighted by molar-refractivity contribution is -0.109. The Labute approximate surface area is 217 Å². The first-order chi connectivity index (χ1) is 17.3. The number of ether oxygens (including phenoxy) is 2. The van der Waals surface area contributed by atoms with Crippen LogP contribution in [-0.2, 0) is 20.6 Å². The van der Waals surface area contributed by atoms with Crippen LogP contribution in [0.1, 0.15) is 46.1 Å². The molecule has 36 heavy (non-hydrogen) atoms. The topological polar surface area (TPSA) is 44.8 Å². The van der Waals surface area contributed by atoms with Crippen LogP contribution in [0.3, 0.4) is 0 Å². The first kappa shape index (κ1) is 27.8. The summed E-state index contributed by atoms with van der Waals surface area (Å²) < 4.78 is 18.7. The van der Waals surface area contributed by atoms with Gasteiger partial charge in [-0.2, -0.15) is 0 Å². The summed E-state index contributed by atoms with van der Waals surface area (Å²) in [6.45, 7) is 10.0. The van der Waals surface area contributed by atoms with Gasteiger partial charge in [0.05, 0.1) is 19.8 Å². The third-order valence-corrected chi connectivity index (χ3v) is 11.9. The van der Waals surface area contributed by atoms with Gasteiger partial charge in [-0.15, -0.1) is 0 Å². The fraction of sp³-hybridized carbons (Fsp3) is 0.387. The molecule has 2 atom stereocenters. The number of carbonyl (C=O) groups excluding carboxylic acids is 1. The van der Waals surface area contributed by atoms with Gasteiger partial charge in [0, 0.05) is 13.0 Å². The number of benzene rings is 3. The lowest BCUT2D eigenvalue weighted by Gasteiger charge is -2.46. The maximum Gasteiger partial charge on any atom is 0.261 e. The first-order valence-electron chi connectivity index (χ1n) is 12.7. The molecule has 0 bridgehead atoms. The van der Waals surface area contributed by atoms with Crippen LogP contribution in [0.4, 0.5) is 0 Å². The maximum atomic E-state index is 11.5. The van der Waals surface area contributed by atoms with Crippen molar-refractivity contribution in [3.63, 3.8) is 0 Å². The van der Waals surface area contributed by atoms with Crippen molar-refractivity contribution in [2.75, 3.05) is 13.7 Å². The van der Waals surface area contributed by atoms with E-state index in [1.807, 2.05) is 24.3 Å². The van der Waals surface area contributed by atoms with Gasteiger partial charge >= 0.3 is 0 Å². The summed E-state index contributed by atoms with van der Waals surface area (Å²) in [7, 11) is -1.06. The number of hydrogen-bond donors (Lipinski definition) is 0. The molecule has 0 aliphatic heterocycles. The second-order valence-electron chi connectivity index (χ2n) is 10.4. The van der Waals surface area contributed by atoms with Gasteiger partial charge in [-0.25, -0.2) is 0 Å². The minimum atomic E-state index is -2.72. The van der Waals surface area contributed by atoms with E-state index in [2.05, 4.69) is 88.4 Å². The second kappa shape index (κ2) is 13.0. The molecule has 3 aromatic carbocycles. The highest BCUT2D eigenvalue weighted by Gasteiger charge is 2.51. The number of hydrogen-bond acceptors (Lipinski definition) is 4. The van der Waals surface area contributed by atoms with Crippen LogP contribution >= 0.6 is 0 Å². The van der Waals surface area contributed by atoms with Crippen LogP contribution in [0.15, 0.2) is 84.9 Å². The monoisotopic (exact) mass is 504 g/mol. The van der Waals surface area contributed by atoms with Gasteiger partial charge in [0.25, 0.3) is 8.32 Å². The molecule has 0 amide bonds. The Morgan fingerprint density at radius 2 is 1.42 bits per heavy atom. The fourth-order valence-electron chi connectivity index (χ4n) is 4.79. The predicted molar refractivity (Wildman–Crippen MR) is 150 cm³/mol. The van der Waals surface area contributed by atoms with Crippen LogP contribution < -0.4 is 15.1 Å². The van der Waals surface area contributed by atoms with Gasteiger partial charge in [-0.3, -0.25) is 0 Å². The largest absolute Gasteiger partial charge is 0.497 e. The smallest absolute Gasteiger partial charge is 0.261 e. The number of carbonyl (C=O) groups is 1. The molecular formula is C31H40O4Si. The zero-order chi connectivity index (χ0) is 26.0. The summed E-state index contributed by atoms with van der Waals surface area (Å²) in [6, 6.07) is 29.2. The normalized spacial score (nSPS) is 13.7. The Hall–Kier alpha value is -2.73. The minimum absolute atomic E-state index is 0.0775. The lowest BCUT2D eigenvalue weighted by atomic mass is 9.99. The quantitative estimate of drug-likeness (QED) is 0.168. The highest BCUT2D eigenvalue weighted by molar-refractivity contribution is 6.99. The Bertz CT molecular complexity index is 1010. The van der Waals surface area contributed by atoms with Crippen LogP contribution in [-0.4, -0.2) is 34.4 Å². The van der Waals surface area contributed by atoms with Crippen molar-refractivity contribution in [1.82, 2.24) is 0 Å². The first-order valence-corrected chi connectivity index (χ1v) is 14.7. The third kappa shape index (κ3) is 6.72. The van der Waals surface area contributed by atoms with Crippen molar-refractivity contribution in [2.45, 2.75) is 58.3 Å². The summed E-state index contributed by atoms with van der Waals surface area (Å²) in [5, 5.41) is 2.36. The second-order valence-corrected chi connectivity index (χ2v) is 14.6. The molecule has 0 fully saturated rings. The van der Waals surface area contributed by atoms with E-state index in [0.717, 1.165) is 24.0 Å². The highest BCUT2D eigenvalue weighted by Crippen LogP contribution is 2.39. The number of aldehydes is 1. The zero-order valence-corrected chi connectivity index (χ0v) is 23.3. The van der Waals surface area contributed by atoms with Gasteiger partial charge in [0.2, 0.25) is 0 Å². The Kier molecular flexibility index (Phi) is 10.1. The lowest BCUT2D eigenvalue weighted by Crippen LogP contribution is -2.68. The molecule has 0 radical (unpaired) electrons. The predicted octanol–water partition coefficient (Wildman–Crippen LogP) is 5.77. The summed E-state index contributed by atoms with van der Waals surface area (Å²) in [5.74, 6) is 0.911. The minimum Gasteiger partial charge on any atom is -0.497 e. The molecule has 0 heterocycles. The highest BCUT2D eigenvalue weighted by atomic mass is 28.4. The van der Waals surface area contributed by atoms with E-state index in [9.17, 15) is 4.79 Å². The van der Waals surface area contributed by atoms with Gasteiger partial charge in [0.1, 0.15) is 12.0 Å². The average Bonchev–Trinajstić information content (AvgIpc) is 2.89. The van der Waals surface area contributed by atoms with Crippen molar-refractivity contribution < 1.29 is 18.7 Å². The molecule has 192 valence electrons. The van der Waals surface area contributed by atoms with E-state index in [0.29, 0.717) is 19.6 Å². The van der Waals surface area contributed by atoms with Gasteiger partial charge < -0.3 is 18.7 Å². The Morgan fingerprint density at radius 1 is 0.861 bits per heavy atom. The van der Waals surface area contributed by atoms with E-state index < -0.39 is 8.32 Å². The van der Waals surface area contributed by atoms with E-state index in [1.165, 1.54) is 10.4 Å². The molecular weight excluding hydrogens is 464 g/mol. The zero-order valence-electron chi connectivity index (χ0n) is 22.3. The van der Waals surface area contributed by atoms with E-state index in [-0.39, 0.29) is 17.1 Å². The SMILES string of the molecule is COc1ccc(COCCC(O[Si](c2ccccc2)(c2ccccc2)C(C)(C)C)C(C)CC=O)cc1. The van der Waals surface area contributed by atoms with Crippen molar-refractivity contribution in [1.29, 1.82) is 0 Å². The van der Waals surface area contributed by atoms with Crippen LogP contribution in [0.25, 0.3) is 0 Å². The summed E-state index contributed by atoms with van der Waals surface area (Å²) in [4.78, 5) is 11.5. The van der Waals surface area contributed by atoms with Crippen LogP contribution in [0.2, 0.25) is 5.04 Å². The number of rotatable bonds is 13. The summed E-state index contributed by atoms with van der Waals surface area (Å²) in [6.07, 6.45) is 2.07. The molecule has 0 spiro atoms. The standard InChI is InChI=1S/C31H40O4Si/c1-25(20-22-32)30(21-23-34-24-26-16-18-27(33-5)19-17-26)35-36(31(2,3)4,28-12-8-6-9-13-28)29-14-10-7-11-15-29/h6-19,22,25,30H,20-21,23-24H2,1-5H3. The third-order valence-electron chi connectivity index (χ3n) is 6.82. The van der Waals surface area contributed by atoms with Gasteiger partial charge in [0.15, 0.2) is 0 Å².